The van der Waals surface area contributed by atoms with Crippen molar-refractivity contribution in [1.29, 1.82) is 0 Å². The maximum absolute atomic E-state index is 15.3. The molecule has 6 rings (SSSR count). The number of aromatic nitrogens is 3. The third-order valence-electron chi connectivity index (χ3n) is 7.23. The first-order valence-electron chi connectivity index (χ1n) is 11.8. The van der Waals surface area contributed by atoms with Gasteiger partial charge in [-0.3, -0.25) is 9.74 Å². The van der Waals surface area contributed by atoms with Crippen molar-refractivity contribution in [2.24, 2.45) is 0 Å². The van der Waals surface area contributed by atoms with E-state index in [1.165, 1.54) is 12.4 Å². The van der Waals surface area contributed by atoms with Gasteiger partial charge in [-0.25, -0.2) is 29.3 Å². The van der Waals surface area contributed by atoms with Gasteiger partial charge in [0.15, 0.2) is 0 Å². The van der Waals surface area contributed by atoms with Crippen LogP contribution in [0.25, 0.3) is 26.8 Å². The third-order valence-corrected chi connectivity index (χ3v) is 8.76. The van der Waals surface area contributed by atoms with Crippen molar-refractivity contribution in [1.82, 2.24) is 24.6 Å². The molecule has 3 fully saturated rings. The van der Waals surface area contributed by atoms with Crippen molar-refractivity contribution >= 4 is 37.8 Å². The van der Waals surface area contributed by atoms with Crippen LogP contribution in [0, 0.1) is 6.57 Å². The predicted octanol–water partition coefficient (Wildman–Crippen LogP) is 2.05. The van der Waals surface area contributed by atoms with Crippen LogP contribution in [0.15, 0.2) is 29.4 Å². The molecule has 4 heterocycles. The van der Waals surface area contributed by atoms with E-state index in [2.05, 4.69) is 29.4 Å². The van der Waals surface area contributed by atoms with E-state index in [-0.39, 0.29) is 17.5 Å². The highest BCUT2D eigenvalue weighted by Crippen LogP contribution is 2.39. The summed E-state index contributed by atoms with van der Waals surface area (Å²) in [6.07, 6.45) is 2.14. The van der Waals surface area contributed by atoms with Crippen LogP contribution >= 0.6 is 0 Å². The number of morpholine rings is 1. The highest BCUT2D eigenvalue weighted by molar-refractivity contribution is 7.89. The van der Waals surface area contributed by atoms with E-state index < -0.39 is 21.9 Å². The molecule has 2 atom stereocenters. The Morgan fingerprint density at radius 2 is 2.03 bits per heavy atom. The van der Waals surface area contributed by atoms with E-state index in [9.17, 15) is 8.42 Å². The summed E-state index contributed by atoms with van der Waals surface area (Å²) in [5.41, 5.74) is 0.152. The highest BCUT2D eigenvalue weighted by Gasteiger charge is 2.54. The Balaban J connectivity index is 1.30. The molecule has 10 nitrogen and oxygen atoms in total. The van der Waals surface area contributed by atoms with Gasteiger partial charge in [-0.05, 0) is 18.6 Å². The number of sulfonamides is 1. The summed E-state index contributed by atoms with van der Waals surface area (Å²) in [5, 5.41) is 1.52. The fourth-order valence-corrected chi connectivity index (χ4v) is 6.56. The van der Waals surface area contributed by atoms with Crippen LogP contribution in [0.2, 0.25) is 0 Å². The van der Waals surface area contributed by atoms with Crippen molar-refractivity contribution < 1.29 is 17.5 Å². The van der Waals surface area contributed by atoms with Crippen molar-refractivity contribution in [2.45, 2.75) is 42.0 Å². The molecule has 184 valence electrons. The summed E-state index contributed by atoms with van der Waals surface area (Å²) in [7, 11) is -3.84. The molecule has 1 unspecified atom stereocenters. The van der Waals surface area contributed by atoms with Crippen molar-refractivity contribution in [3.05, 3.63) is 35.9 Å². The molecule has 0 bridgehead atoms. The first-order valence-corrected chi connectivity index (χ1v) is 13.3. The minimum Gasteiger partial charge on any atom is -0.379 e. The average Bonchev–Trinajstić information content (AvgIpc) is 3.53. The Kier molecular flexibility index (Phi) is 5.41. The Bertz CT molecular complexity index is 1430. The summed E-state index contributed by atoms with van der Waals surface area (Å²) in [5.74, 6) is 0.642. The fourth-order valence-electron chi connectivity index (χ4n) is 5.17. The number of benzene rings is 1. The lowest BCUT2D eigenvalue weighted by Crippen LogP contribution is -2.55. The molecule has 0 spiro atoms. The quantitative estimate of drug-likeness (QED) is 0.518. The number of piperidine rings is 1. The smallest absolute Gasteiger partial charge is 0.299 e. The highest BCUT2D eigenvalue weighted by atomic mass is 32.2. The number of aromatic amines is 1. The number of nitrogens with zero attached hydrogens (tertiary/aromatic N) is 5. The first-order chi connectivity index (χ1) is 16.9. The normalized spacial score (nSPS) is 25.1. The topological polar surface area (TPSA) is 108 Å². The number of H-pyrrole nitrogens is 1. The summed E-state index contributed by atoms with van der Waals surface area (Å²) >= 11 is 0. The van der Waals surface area contributed by atoms with E-state index in [0.29, 0.717) is 56.0 Å². The van der Waals surface area contributed by atoms with Crippen LogP contribution in [0.4, 0.5) is 10.2 Å². The zero-order valence-electron chi connectivity index (χ0n) is 19.1. The van der Waals surface area contributed by atoms with Gasteiger partial charge in [0.05, 0.1) is 42.9 Å². The van der Waals surface area contributed by atoms with Crippen molar-refractivity contribution in [3.8, 4) is 0 Å². The van der Waals surface area contributed by atoms with E-state index in [4.69, 9.17) is 11.3 Å². The molecule has 2 aromatic heterocycles. The Morgan fingerprint density at radius 1 is 1.23 bits per heavy atom. The van der Waals surface area contributed by atoms with E-state index in [1.54, 1.807) is 12.1 Å². The molecule has 2 saturated heterocycles. The van der Waals surface area contributed by atoms with E-state index in [1.807, 2.05) is 4.90 Å². The van der Waals surface area contributed by atoms with Crippen LogP contribution in [-0.2, 0) is 14.8 Å². The number of fused-ring (bicyclic) bond motifs is 3. The number of ether oxygens (including phenoxy) is 1. The van der Waals surface area contributed by atoms with Gasteiger partial charge in [0.2, 0.25) is 10.0 Å². The van der Waals surface area contributed by atoms with Gasteiger partial charge in [0.25, 0.3) is 5.66 Å². The van der Waals surface area contributed by atoms with Gasteiger partial charge in [0.1, 0.15) is 24.0 Å². The van der Waals surface area contributed by atoms with Gasteiger partial charge >= 0.3 is 0 Å². The molecule has 3 aliphatic rings. The number of anilines is 1. The van der Waals surface area contributed by atoms with Crippen LogP contribution < -0.4 is 9.62 Å². The second-order valence-corrected chi connectivity index (χ2v) is 11.2. The molecular weight excluding hydrogens is 473 g/mol. The second kappa shape index (κ2) is 8.37. The van der Waals surface area contributed by atoms with Crippen molar-refractivity contribution in [2.75, 3.05) is 44.3 Å². The molecule has 0 radical (unpaired) electrons. The average molecular weight is 500 g/mol. The maximum atomic E-state index is 15.3. The minimum atomic E-state index is -3.84. The second-order valence-electron chi connectivity index (χ2n) is 9.47. The SMILES string of the molecule is [C-]#[N+]C1(NS(=O)(=O)c2ccc3c(c2)[nH]c2ncnc(N4CCC(N5CCOCC5)[C@@H](F)C4)c23)CC1. The Labute approximate surface area is 202 Å². The maximum Gasteiger partial charge on any atom is 0.299 e. The first kappa shape index (κ1) is 22.6. The van der Waals surface area contributed by atoms with Gasteiger partial charge in [-0.1, -0.05) is 6.07 Å². The molecular formula is C23H26FN7O3S. The minimum absolute atomic E-state index is 0.0798. The molecule has 0 amide bonds. The van der Waals surface area contributed by atoms with Gasteiger partial charge in [0, 0.05) is 36.6 Å². The summed E-state index contributed by atoms with van der Waals surface area (Å²) in [6, 6.07) is 4.67. The molecule has 1 aromatic carbocycles. The van der Waals surface area contributed by atoms with E-state index >= 15 is 4.39 Å². The lowest BCUT2D eigenvalue weighted by atomic mass is 10.0. The molecule has 1 saturated carbocycles. The van der Waals surface area contributed by atoms with E-state index in [0.717, 1.165) is 23.9 Å². The number of hydrogen-bond donors (Lipinski definition) is 2. The molecule has 2 N–H and O–H groups in total. The Hall–Kier alpha value is -2.85. The number of halogens is 1. The molecule has 2 aliphatic heterocycles. The zero-order valence-corrected chi connectivity index (χ0v) is 19.9. The third kappa shape index (κ3) is 4.02. The zero-order chi connectivity index (χ0) is 24.2. The van der Waals surface area contributed by atoms with Crippen LogP contribution in [-0.4, -0.2) is 85.5 Å². The summed E-state index contributed by atoms with van der Waals surface area (Å²) in [6.45, 7) is 10.9. The summed E-state index contributed by atoms with van der Waals surface area (Å²) in [4.78, 5) is 19.7. The number of alkyl halides is 1. The fraction of sp³-hybridized carbons (Fsp3) is 0.522. The van der Waals surface area contributed by atoms with Crippen LogP contribution in [0.1, 0.15) is 19.3 Å². The predicted molar refractivity (Wildman–Crippen MR) is 128 cm³/mol. The van der Waals surface area contributed by atoms with Crippen LogP contribution in [0.5, 0.6) is 0 Å². The molecule has 3 aromatic rings. The molecule has 35 heavy (non-hydrogen) atoms. The lowest BCUT2D eigenvalue weighted by Gasteiger charge is -2.42. The number of hydrogen-bond acceptors (Lipinski definition) is 7. The van der Waals surface area contributed by atoms with Crippen molar-refractivity contribution in [3.63, 3.8) is 0 Å². The standard InChI is InChI=1S/C23H26FN7O3S/c1-25-23(5-6-23)29-35(32,33)15-2-3-16-18(12-15)28-21-20(16)22(27-14-26-21)31-7-4-19(17(24)13-31)30-8-10-34-11-9-30/h2-3,12,14,17,19,29H,4-11,13H2,(H,26,27,28)/t17-,19?/m0/s1. The molecule has 1 aliphatic carbocycles. The molecule has 12 heteroatoms. The number of rotatable bonds is 5. The van der Waals surface area contributed by atoms with Crippen LogP contribution in [0.3, 0.4) is 0 Å². The number of nitrogens with one attached hydrogen (secondary N) is 2. The van der Waals surface area contributed by atoms with Gasteiger partial charge in [-0.15, -0.1) is 4.72 Å². The largest absolute Gasteiger partial charge is 0.379 e. The van der Waals surface area contributed by atoms with Gasteiger partial charge < -0.3 is 14.6 Å². The lowest BCUT2D eigenvalue weighted by molar-refractivity contribution is -0.00824. The van der Waals surface area contributed by atoms with Gasteiger partial charge in [-0.2, -0.15) is 0 Å². The Morgan fingerprint density at radius 3 is 2.74 bits per heavy atom. The monoisotopic (exact) mass is 499 g/mol. The summed E-state index contributed by atoms with van der Waals surface area (Å²) < 4.78 is 48.9.